The number of hydrogen-bond acceptors (Lipinski definition) is 2. The second-order valence-electron chi connectivity index (χ2n) is 6.80. The lowest BCUT2D eigenvalue weighted by molar-refractivity contribution is -0.137. The molecule has 3 aromatic rings. The molecule has 0 bridgehead atoms. The fraction of sp³-hybridized carbons (Fsp3) is 0.182. The Morgan fingerprint density at radius 3 is 2.31 bits per heavy atom. The lowest BCUT2D eigenvalue weighted by Gasteiger charge is -2.13. The van der Waals surface area contributed by atoms with Crippen molar-refractivity contribution in [3.8, 4) is 0 Å². The van der Waals surface area contributed by atoms with Crippen molar-refractivity contribution in [2.75, 3.05) is 5.32 Å². The molecule has 0 saturated heterocycles. The smallest absolute Gasteiger partial charge is 0.321 e. The van der Waals surface area contributed by atoms with Crippen LogP contribution in [0.3, 0.4) is 0 Å². The van der Waals surface area contributed by atoms with E-state index in [4.69, 9.17) is 0 Å². The number of para-hydroxylation sites is 1. The fourth-order valence-corrected chi connectivity index (χ4v) is 3.03. The number of anilines is 1. The largest absolute Gasteiger partial charge is 0.416 e. The van der Waals surface area contributed by atoms with E-state index in [1.165, 1.54) is 35.0 Å². The second-order valence-corrected chi connectivity index (χ2v) is 6.80. The van der Waals surface area contributed by atoms with Crippen molar-refractivity contribution >= 4 is 11.6 Å². The van der Waals surface area contributed by atoms with Crippen LogP contribution < -0.4 is 10.9 Å². The highest BCUT2D eigenvalue weighted by Gasteiger charge is 2.30. The number of aromatic nitrogens is 1. The van der Waals surface area contributed by atoms with Crippen LogP contribution in [-0.4, -0.2) is 10.5 Å². The molecule has 2 aromatic carbocycles. The summed E-state index contributed by atoms with van der Waals surface area (Å²) in [5, 5.41) is 2.83. The number of alkyl halides is 3. The van der Waals surface area contributed by atoms with Crippen LogP contribution in [0.2, 0.25) is 0 Å². The van der Waals surface area contributed by atoms with E-state index >= 15 is 0 Å². The summed E-state index contributed by atoms with van der Waals surface area (Å²) in [4.78, 5) is 24.8. The van der Waals surface area contributed by atoms with Crippen molar-refractivity contribution in [3.63, 3.8) is 0 Å². The SMILES string of the molecule is Cc1cccc(C)c1NC(=O)c1ccc(=O)n(Cc2cccc(C(F)(F)F)c2)c1. The molecule has 4 nitrogen and oxygen atoms in total. The van der Waals surface area contributed by atoms with Crippen LogP contribution >= 0.6 is 0 Å². The summed E-state index contributed by atoms with van der Waals surface area (Å²) in [6.07, 6.45) is -3.11. The van der Waals surface area contributed by atoms with E-state index in [9.17, 15) is 22.8 Å². The first-order valence-corrected chi connectivity index (χ1v) is 8.89. The minimum absolute atomic E-state index is 0.0761. The Balaban J connectivity index is 1.87. The topological polar surface area (TPSA) is 51.1 Å². The Labute approximate surface area is 165 Å². The van der Waals surface area contributed by atoms with Crippen LogP contribution in [0.4, 0.5) is 18.9 Å². The number of nitrogens with zero attached hydrogens (tertiary/aromatic N) is 1. The van der Waals surface area contributed by atoms with E-state index in [0.717, 1.165) is 23.3 Å². The molecule has 1 N–H and O–H groups in total. The van der Waals surface area contributed by atoms with Gasteiger partial charge in [-0.2, -0.15) is 13.2 Å². The number of nitrogens with one attached hydrogen (secondary N) is 1. The Bertz CT molecular complexity index is 1100. The van der Waals surface area contributed by atoms with Crippen molar-refractivity contribution in [2.24, 2.45) is 0 Å². The predicted octanol–water partition coefficient (Wildman–Crippen LogP) is 4.78. The van der Waals surface area contributed by atoms with Crippen LogP contribution in [0.25, 0.3) is 0 Å². The van der Waals surface area contributed by atoms with Gasteiger partial charge in [0.15, 0.2) is 0 Å². The van der Waals surface area contributed by atoms with Gasteiger partial charge in [0, 0.05) is 18.0 Å². The molecule has 7 heteroatoms. The van der Waals surface area contributed by atoms with Gasteiger partial charge in [0.05, 0.1) is 17.7 Å². The molecule has 1 amide bonds. The third-order valence-corrected chi connectivity index (χ3v) is 4.57. The van der Waals surface area contributed by atoms with Crippen molar-refractivity contribution in [1.29, 1.82) is 0 Å². The zero-order valence-electron chi connectivity index (χ0n) is 15.9. The van der Waals surface area contributed by atoms with Crippen LogP contribution in [0.1, 0.15) is 32.6 Å². The Morgan fingerprint density at radius 2 is 1.66 bits per heavy atom. The molecular formula is C22H19F3N2O2. The van der Waals surface area contributed by atoms with E-state index < -0.39 is 23.2 Å². The Morgan fingerprint density at radius 1 is 1.00 bits per heavy atom. The van der Waals surface area contributed by atoms with E-state index in [1.807, 2.05) is 32.0 Å². The molecule has 0 aliphatic rings. The van der Waals surface area contributed by atoms with E-state index in [-0.39, 0.29) is 12.1 Å². The van der Waals surface area contributed by atoms with Crippen molar-refractivity contribution in [3.05, 3.63) is 99.0 Å². The number of rotatable bonds is 4. The maximum absolute atomic E-state index is 12.9. The maximum atomic E-state index is 12.9. The molecule has 1 aromatic heterocycles. The molecule has 0 fully saturated rings. The van der Waals surface area contributed by atoms with E-state index in [0.29, 0.717) is 11.3 Å². The molecule has 150 valence electrons. The van der Waals surface area contributed by atoms with Gasteiger partial charge >= 0.3 is 6.18 Å². The summed E-state index contributed by atoms with van der Waals surface area (Å²) in [6, 6.07) is 13.0. The molecule has 0 spiro atoms. The van der Waals surface area contributed by atoms with Gasteiger partial charge in [0.25, 0.3) is 11.5 Å². The lowest BCUT2D eigenvalue weighted by Crippen LogP contribution is -2.23. The molecular weight excluding hydrogens is 381 g/mol. The summed E-state index contributed by atoms with van der Waals surface area (Å²) >= 11 is 0. The summed E-state index contributed by atoms with van der Waals surface area (Å²) in [6.45, 7) is 3.67. The van der Waals surface area contributed by atoms with Gasteiger partial charge in [-0.15, -0.1) is 0 Å². The highest BCUT2D eigenvalue weighted by molar-refractivity contribution is 6.04. The number of aryl methyl sites for hydroxylation is 2. The molecule has 0 aliphatic carbocycles. The molecule has 0 atom stereocenters. The van der Waals surface area contributed by atoms with E-state index in [1.54, 1.807) is 0 Å². The highest BCUT2D eigenvalue weighted by Crippen LogP contribution is 2.29. The predicted molar refractivity (Wildman–Crippen MR) is 105 cm³/mol. The standard InChI is InChI=1S/C22H19F3N2O2/c1-14-5-3-6-15(2)20(14)26-21(29)17-9-10-19(28)27(13-17)12-16-7-4-8-18(11-16)22(23,24)25/h3-11,13H,12H2,1-2H3,(H,26,29). The number of carbonyl (C=O) groups is 1. The molecule has 0 saturated carbocycles. The second kappa shape index (κ2) is 7.95. The van der Waals surface area contributed by atoms with Gasteiger partial charge in [-0.3, -0.25) is 9.59 Å². The number of pyridine rings is 1. The van der Waals surface area contributed by atoms with Gasteiger partial charge < -0.3 is 9.88 Å². The number of halogens is 3. The average molecular weight is 400 g/mol. The van der Waals surface area contributed by atoms with Gasteiger partial charge in [0.2, 0.25) is 0 Å². The molecule has 0 aliphatic heterocycles. The zero-order valence-corrected chi connectivity index (χ0v) is 15.9. The average Bonchev–Trinajstić information content (AvgIpc) is 2.66. The van der Waals surface area contributed by atoms with Gasteiger partial charge in [0.1, 0.15) is 0 Å². The van der Waals surface area contributed by atoms with Crippen LogP contribution in [0.5, 0.6) is 0 Å². The third-order valence-electron chi connectivity index (χ3n) is 4.57. The molecule has 0 radical (unpaired) electrons. The molecule has 3 rings (SSSR count). The monoisotopic (exact) mass is 400 g/mol. The first-order valence-electron chi connectivity index (χ1n) is 8.89. The summed E-state index contributed by atoms with van der Waals surface area (Å²) in [5.41, 5.74) is 1.84. The lowest BCUT2D eigenvalue weighted by atomic mass is 10.1. The Hall–Kier alpha value is -3.35. The zero-order chi connectivity index (χ0) is 21.2. The van der Waals surface area contributed by atoms with Crippen LogP contribution in [-0.2, 0) is 12.7 Å². The van der Waals surface area contributed by atoms with Crippen LogP contribution in [0, 0.1) is 13.8 Å². The minimum Gasteiger partial charge on any atom is -0.321 e. The van der Waals surface area contributed by atoms with Crippen molar-refractivity contribution < 1.29 is 18.0 Å². The first-order chi connectivity index (χ1) is 13.6. The molecule has 1 heterocycles. The summed E-state index contributed by atoms with van der Waals surface area (Å²) in [7, 11) is 0. The van der Waals surface area contributed by atoms with Gasteiger partial charge in [-0.05, 0) is 48.7 Å². The minimum atomic E-state index is -4.46. The highest BCUT2D eigenvalue weighted by atomic mass is 19.4. The van der Waals surface area contributed by atoms with E-state index in [2.05, 4.69) is 5.32 Å². The fourth-order valence-electron chi connectivity index (χ4n) is 3.03. The maximum Gasteiger partial charge on any atom is 0.416 e. The van der Waals surface area contributed by atoms with Crippen LogP contribution in [0.15, 0.2) is 65.6 Å². The normalized spacial score (nSPS) is 11.3. The number of benzene rings is 2. The molecule has 0 unspecified atom stereocenters. The summed E-state index contributed by atoms with van der Waals surface area (Å²) in [5.74, 6) is -0.403. The number of amides is 1. The quantitative estimate of drug-likeness (QED) is 0.685. The molecule has 29 heavy (non-hydrogen) atoms. The van der Waals surface area contributed by atoms with Gasteiger partial charge in [-0.25, -0.2) is 0 Å². The number of hydrogen-bond donors (Lipinski definition) is 1. The third kappa shape index (κ3) is 4.74. The van der Waals surface area contributed by atoms with Crippen molar-refractivity contribution in [2.45, 2.75) is 26.6 Å². The summed E-state index contributed by atoms with van der Waals surface area (Å²) < 4.78 is 39.9. The first kappa shape index (κ1) is 20.4. The van der Waals surface area contributed by atoms with Gasteiger partial charge in [-0.1, -0.05) is 30.3 Å². The Kier molecular flexibility index (Phi) is 5.59. The van der Waals surface area contributed by atoms with Crippen molar-refractivity contribution in [1.82, 2.24) is 4.57 Å². The number of carbonyl (C=O) groups excluding carboxylic acids is 1.